The molecule has 0 saturated heterocycles. The van der Waals surface area contributed by atoms with Crippen molar-refractivity contribution in [1.29, 1.82) is 0 Å². The number of fused-ring (bicyclic) bond motifs is 4. The van der Waals surface area contributed by atoms with Gasteiger partial charge in [-0.1, -0.05) is 66.7 Å². The second kappa shape index (κ2) is 8.98. The molecule has 3 aromatic carbocycles. The summed E-state index contributed by atoms with van der Waals surface area (Å²) in [6.45, 7) is 0.900. The number of pyridine rings is 1. The van der Waals surface area contributed by atoms with Crippen molar-refractivity contribution in [2.24, 2.45) is 0 Å². The van der Waals surface area contributed by atoms with Crippen molar-refractivity contribution in [2.75, 3.05) is 11.4 Å². The fourth-order valence-corrected chi connectivity index (χ4v) is 6.59. The van der Waals surface area contributed by atoms with Crippen molar-refractivity contribution in [2.45, 2.75) is 6.42 Å². The number of H-pyrrole nitrogens is 2. The first-order valence-electron chi connectivity index (χ1n) is 14.3. The zero-order valence-corrected chi connectivity index (χ0v) is 22.8. The van der Waals surface area contributed by atoms with E-state index in [1.54, 1.807) is 12.5 Å². The van der Waals surface area contributed by atoms with Gasteiger partial charge in [0.15, 0.2) is 0 Å². The normalized spacial score (nSPS) is 13.0. The van der Waals surface area contributed by atoms with E-state index in [9.17, 15) is 0 Å². The van der Waals surface area contributed by atoms with Crippen LogP contribution in [0.5, 0.6) is 0 Å². The smallest absolute Gasteiger partial charge is 0.116 e. The molecule has 0 saturated carbocycles. The second-order valence-corrected chi connectivity index (χ2v) is 11.0. The number of nitrogens with zero attached hydrogens (tertiary/aromatic N) is 2. The van der Waals surface area contributed by atoms with Gasteiger partial charge >= 0.3 is 0 Å². The molecule has 2 N–H and O–H groups in total. The van der Waals surface area contributed by atoms with Crippen molar-refractivity contribution in [3.05, 3.63) is 127 Å². The van der Waals surface area contributed by atoms with Crippen molar-refractivity contribution in [3.63, 3.8) is 0 Å². The van der Waals surface area contributed by atoms with Gasteiger partial charge in [0.2, 0.25) is 0 Å². The molecule has 0 amide bonds. The lowest BCUT2D eigenvalue weighted by Crippen LogP contribution is -2.16. The lowest BCUT2D eigenvalue weighted by molar-refractivity contribution is 0.550. The van der Waals surface area contributed by atoms with Crippen LogP contribution >= 0.6 is 0 Å². The minimum atomic E-state index is 0.849. The van der Waals surface area contributed by atoms with E-state index >= 15 is 0 Å². The van der Waals surface area contributed by atoms with Crippen LogP contribution < -0.4 is 4.90 Å². The fraction of sp³-hybridized carbons (Fsp3) is 0.0541. The number of benzene rings is 3. The second-order valence-electron chi connectivity index (χ2n) is 11.0. The monoisotopic (exact) mass is 542 g/mol. The highest BCUT2D eigenvalue weighted by molar-refractivity contribution is 6.02. The maximum absolute atomic E-state index is 5.46. The molecule has 4 aliphatic heterocycles. The molecule has 4 aromatic rings. The van der Waals surface area contributed by atoms with E-state index < -0.39 is 0 Å². The number of aromatic nitrogens is 3. The summed E-state index contributed by atoms with van der Waals surface area (Å²) in [5, 5.41) is 1.20. The summed E-state index contributed by atoms with van der Waals surface area (Å²) in [5.74, 6) is 0. The average molecular weight is 543 g/mol. The largest absolute Gasteiger partial charge is 0.470 e. The Bertz CT molecular complexity index is 2120. The Kier molecular flexibility index (Phi) is 4.96. The molecule has 200 valence electrons. The van der Waals surface area contributed by atoms with Crippen LogP contribution in [-0.2, 0) is 6.42 Å². The number of aromatic amines is 2. The summed E-state index contributed by atoms with van der Waals surface area (Å²) < 4.78 is 5.46. The van der Waals surface area contributed by atoms with Crippen LogP contribution in [0.15, 0.2) is 126 Å². The highest BCUT2D eigenvalue weighted by atomic mass is 16.3. The molecule has 5 nitrogen and oxygen atoms in total. The van der Waals surface area contributed by atoms with E-state index in [4.69, 9.17) is 9.40 Å². The summed E-state index contributed by atoms with van der Waals surface area (Å²) in [6.07, 6.45) is 4.42. The molecule has 0 radical (unpaired) electrons. The zero-order valence-electron chi connectivity index (χ0n) is 22.8. The maximum Gasteiger partial charge on any atom is 0.116 e. The molecule has 0 spiro atoms. The first-order valence-corrected chi connectivity index (χ1v) is 14.3. The van der Waals surface area contributed by atoms with Gasteiger partial charge in [-0.3, -0.25) is 0 Å². The van der Waals surface area contributed by atoms with Gasteiger partial charge in [-0.05, 0) is 60.0 Å². The van der Waals surface area contributed by atoms with E-state index in [-0.39, 0.29) is 0 Å². The van der Waals surface area contributed by atoms with E-state index in [0.29, 0.717) is 0 Å². The number of rotatable bonds is 4. The third-order valence-electron chi connectivity index (χ3n) is 8.58. The molecule has 0 fully saturated rings. The van der Waals surface area contributed by atoms with Crippen LogP contribution in [0.1, 0.15) is 5.56 Å². The molecule has 5 heterocycles. The molecular formula is C37H26N4O. The predicted molar refractivity (Wildman–Crippen MR) is 169 cm³/mol. The van der Waals surface area contributed by atoms with Gasteiger partial charge in [-0.25, -0.2) is 4.98 Å². The van der Waals surface area contributed by atoms with Crippen LogP contribution in [0.25, 0.3) is 67.2 Å². The van der Waals surface area contributed by atoms with Crippen LogP contribution in [0, 0.1) is 0 Å². The first-order chi connectivity index (χ1) is 20.8. The molecule has 5 heteroatoms. The van der Waals surface area contributed by atoms with Gasteiger partial charge in [-0.2, -0.15) is 0 Å². The van der Waals surface area contributed by atoms with Crippen LogP contribution in [0.3, 0.4) is 0 Å². The molecule has 5 aliphatic rings. The zero-order chi connectivity index (χ0) is 27.6. The predicted octanol–water partition coefficient (Wildman–Crippen LogP) is 9.39. The van der Waals surface area contributed by atoms with Gasteiger partial charge in [0.05, 0.1) is 17.6 Å². The van der Waals surface area contributed by atoms with E-state index in [2.05, 4.69) is 118 Å². The molecule has 0 unspecified atom stereocenters. The number of para-hydroxylation sites is 2. The third-order valence-corrected chi connectivity index (χ3v) is 8.58. The number of hydrogen-bond acceptors (Lipinski definition) is 3. The third kappa shape index (κ3) is 3.53. The first kappa shape index (κ1) is 23.2. The number of anilines is 2. The molecule has 9 rings (SSSR count). The SMILES string of the molecule is c1cc2ccc(-c3c(-c4cc5ccocc-5n4)ccc(-c4cc5ccccc5[nH]4)c3N3CCc4ccccc43)[nH]c-2c1. The molecule has 1 aromatic heterocycles. The van der Waals surface area contributed by atoms with Crippen LogP contribution in [0.2, 0.25) is 0 Å². The topological polar surface area (TPSA) is 60.9 Å². The minimum absolute atomic E-state index is 0.849. The Hall–Kier alpha value is -5.55. The van der Waals surface area contributed by atoms with Crippen LogP contribution in [0.4, 0.5) is 11.4 Å². The molecular weight excluding hydrogens is 516 g/mol. The van der Waals surface area contributed by atoms with Gasteiger partial charge in [-0.15, -0.1) is 0 Å². The Balaban J connectivity index is 1.39. The Morgan fingerprint density at radius 3 is 2.52 bits per heavy atom. The quantitative estimate of drug-likeness (QED) is 0.233. The number of nitrogens with one attached hydrogen (secondary N) is 2. The van der Waals surface area contributed by atoms with E-state index in [1.807, 2.05) is 6.07 Å². The van der Waals surface area contributed by atoms with Crippen LogP contribution in [-0.4, -0.2) is 21.5 Å². The summed E-state index contributed by atoms with van der Waals surface area (Å²) >= 11 is 0. The molecule has 0 atom stereocenters. The van der Waals surface area contributed by atoms with Gasteiger partial charge < -0.3 is 19.3 Å². The van der Waals surface area contributed by atoms with Gasteiger partial charge in [0, 0.05) is 62.5 Å². The summed E-state index contributed by atoms with van der Waals surface area (Å²) in [5.41, 5.74) is 15.6. The summed E-state index contributed by atoms with van der Waals surface area (Å²) in [6, 6.07) is 38.9. The van der Waals surface area contributed by atoms with Gasteiger partial charge in [0.1, 0.15) is 12.0 Å². The highest BCUT2D eigenvalue weighted by Gasteiger charge is 2.29. The van der Waals surface area contributed by atoms with Crippen molar-refractivity contribution in [3.8, 4) is 56.3 Å². The maximum atomic E-state index is 5.46. The lowest BCUT2D eigenvalue weighted by Gasteiger charge is -2.28. The molecule has 0 bridgehead atoms. The fourth-order valence-electron chi connectivity index (χ4n) is 6.59. The van der Waals surface area contributed by atoms with E-state index in [0.717, 1.165) is 69.2 Å². The number of hydrogen-bond donors (Lipinski definition) is 2. The Labute approximate surface area is 242 Å². The Morgan fingerprint density at radius 2 is 1.57 bits per heavy atom. The highest BCUT2D eigenvalue weighted by Crippen LogP contribution is 2.50. The standard InChI is InChI=1S/C37H26N4O/c1-3-9-30-25(7-1)20-33(39-30)28-14-13-27(32-21-26-17-19-42-22-34(26)40-32)36(31-15-12-23-8-5-10-29(23)38-31)37(28)41-18-16-24-6-2-4-11-35(24)41/h1-15,17,19-22,38-39H,16,18H2. The Morgan fingerprint density at radius 1 is 0.667 bits per heavy atom. The van der Waals surface area contributed by atoms with Gasteiger partial charge in [0.25, 0.3) is 0 Å². The molecule has 1 aliphatic carbocycles. The minimum Gasteiger partial charge on any atom is -0.470 e. The summed E-state index contributed by atoms with van der Waals surface area (Å²) in [4.78, 5) is 15.0. The summed E-state index contributed by atoms with van der Waals surface area (Å²) in [7, 11) is 0. The van der Waals surface area contributed by atoms with Crippen molar-refractivity contribution in [1.82, 2.24) is 15.0 Å². The average Bonchev–Trinajstić information content (AvgIpc) is 3.84. The lowest BCUT2D eigenvalue weighted by atomic mass is 9.92. The van der Waals surface area contributed by atoms with E-state index in [1.165, 1.54) is 27.9 Å². The van der Waals surface area contributed by atoms with Crippen molar-refractivity contribution < 1.29 is 4.42 Å². The van der Waals surface area contributed by atoms with Crippen molar-refractivity contribution >= 4 is 22.3 Å². The molecule has 42 heavy (non-hydrogen) atoms.